The summed E-state index contributed by atoms with van der Waals surface area (Å²) in [5.74, 6) is 5.35. The molecule has 0 unspecified atom stereocenters. The van der Waals surface area contributed by atoms with E-state index in [1.54, 1.807) is 6.20 Å². The molecule has 0 radical (unpaired) electrons. The molecule has 1 aromatic carbocycles. The number of aromatic nitrogens is 1. The summed E-state index contributed by atoms with van der Waals surface area (Å²) in [7, 11) is 0. The summed E-state index contributed by atoms with van der Waals surface area (Å²) in [4.78, 5) is 4.02. The van der Waals surface area contributed by atoms with Crippen molar-refractivity contribution < 1.29 is 0 Å². The molecule has 0 bridgehead atoms. The molecule has 0 saturated carbocycles. The van der Waals surface area contributed by atoms with E-state index in [4.69, 9.17) is 5.84 Å². The van der Waals surface area contributed by atoms with E-state index in [2.05, 4.69) is 10.4 Å². The van der Waals surface area contributed by atoms with Crippen molar-refractivity contribution in [2.75, 3.05) is 5.43 Å². The lowest BCUT2D eigenvalue weighted by atomic mass is 10.1. The van der Waals surface area contributed by atoms with Crippen molar-refractivity contribution in [3.05, 3.63) is 36.7 Å². The first kappa shape index (κ1) is 7.06. The molecule has 60 valence electrons. The zero-order valence-electron chi connectivity index (χ0n) is 6.49. The highest BCUT2D eigenvalue weighted by molar-refractivity contribution is 5.92. The molecule has 3 N–H and O–H groups in total. The second kappa shape index (κ2) is 2.79. The van der Waals surface area contributed by atoms with Gasteiger partial charge in [-0.3, -0.25) is 10.8 Å². The molecule has 0 amide bonds. The van der Waals surface area contributed by atoms with Gasteiger partial charge in [-0.15, -0.1) is 0 Å². The molecule has 0 aliphatic rings. The molecule has 2 aromatic rings. The molecule has 0 aliphatic carbocycles. The number of hydrazine groups is 1. The Balaban J connectivity index is 2.79. The molecule has 0 fully saturated rings. The monoisotopic (exact) mass is 159 g/mol. The van der Waals surface area contributed by atoms with Gasteiger partial charge in [0.25, 0.3) is 0 Å². The first-order valence-corrected chi connectivity index (χ1v) is 3.71. The van der Waals surface area contributed by atoms with Crippen molar-refractivity contribution in [2.45, 2.75) is 0 Å². The Hall–Kier alpha value is -1.61. The number of nitrogen functional groups attached to an aromatic ring is 1. The van der Waals surface area contributed by atoms with E-state index in [-0.39, 0.29) is 0 Å². The van der Waals surface area contributed by atoms with E-state index >= 15 is 0 Å². The van der Waals surface area contributed by atoms with Gasteiger partial charge in [-0.25, -0.2) is 0 Å². The Bertz CT molecular complexity index is 392. The van der Waals surface area contributed by atoms with Crippen molar-refractivity contribution in [3.63, 3.8) is 0 Å². The molecular weight excluding hydrogens is 150 g/mol. The van der Waals surface area contributed by atoms with Crippen molar-refractivity contribution in [3.8, 4) is 0 Å². The van der Waals surface area contributed by atoms with Gasteiger partial charge >= 0.3 is 0 Å². The van der Waals surface area contributed by atoms with Gasteiger partial charge in [-0.2, -0.15) is 0 Å². The van der Waals surface area contributed by atoms with Gasteiger partial charge in [0.1, 0.15) is 0 Å². The number of nitrogens with two attached hydrogens (primary N) is 1. The first-order valence-electron chi connectivity index (χ1n) is 3.71. The van der Waals surface area contributed by atoms with Crippen LogP contribution in [0.3, 0.4) is 0 Å². The average molecular weight is 159 g/mol. The third-order valence-corrected chi connectivity index (χ3v) is 1.84. The van der Waals surface area contributed by atoms with Crippen LogP contribution in [0.5, 0.6) is 0 Å². The van der Waals surface area contributed by atoms with E-state index in [1.165, 1.54) is 0 Å². The summed E-state index contributed by atoms with van der Waals surface area (Å²) in [5.41, 5.74) is 3.57. The van der Waals surface area contributed by atoms with Crippen molar-refractivity contribution in [1.82, 2.24) is 4.98 Å². The smallest absolute Gasteiger partial charge is 0.0564 e. The van der Waals surface area contributed by atoms with Crippen LogP contribution in [-0.4, -0.2) is 4.98 Å². The number of fused-ring (bicyclic) bond motifs is 1. The predicted molar refractivity (Wildman–Crippen MR) is 49.6 cm³/mol. The topological polar surface area (TPSA) is 50.9 Å². The van der Waals surface area contributed by atoms with E-state index in [1.807, 2.05) is 30.5 Å². The number of benzene rings is 1. The molecule has 1 aromatic heterocycles. The Labute approximate surface area is 70.2 Å². The van der Waals surface area contributed by atoms with Gasteiger partial charge in [0.2, 0.25) is 0 Å². The number of hydrogen-bond donors (Lipinski definition) is 2. The van der Waals surface area contributed by atoms with Crippen molar-refractivity contribution >= 4 is 16.5 Å². The zero-order chi connectivity index (χ0) is 8.39. The molecular formula is C9H9N3. The van der Waals surface area contributed by atoms with Crippen LogP contribution < -0.4 is 11.3 Å². The summed E-state index contributed by atoms with van der Waals surface area (Å²) < 4.78 is 0. The number of nitrogens with zero attached hydrogens (tertiary/aromatic N) is 1. The second-order valence-electron chi connectivity index (χ2n) is 2.55. The van der Waals surface area contributed by atoms with Gasteiger partial charge < -0.3 is 5.43 Å². The molecule has 0 aliphatic heterocycles. The van der Waals surface area contributed by atoms with Crippen LogP contribution in [0.1, 0.15) is 0 Å². The Kier molecular flexibility index (Phi) is 1.64. The third-order valence-electron chi connectivity index (χ3n) is 1.84. The first-order chi connectivity index (χ1) is 5.92. The number of pyridine rings is 1. The normalized spacial score (nSPS) is 10.1. The van der Waals surface area contributed by atoms with Gasteiger partial charge in [0.05, 0.1) is 5.69 Å². The highest BCUT2D eigenvalue weighted by atomic mass is 15.2. The van der Waals surface area contributed by atoms with Crippen LogP contribution in [0.2, 0.25) is 0 Å². The standard InChI is InChI=1S/C9H9N3/c10-12-9-3-1-2-7-6-11-5-4-8(7)9/h1-6,12H,10H2. The fourth-order valence-corrected chi connectivity index (χ4v) is 1.25. The third kappa shape index (κ3) is 1.00. The maximum absolute atomic E-state index is 5.35. The van der Waals surface area contributed by atoms with Crippen molar-refractivity contribution in [2.24, 2.45) is 5.84 Å². The lowest BCUT2D eigenvalue weighted by Gasteiger charge is -2.03. The minimum Gasteiger partial charge on any atom is -0.324 e. The van der Waals surface area contributed by atoms with E-state index in [0.29, 0.717) is 0 Å². The van der Waals surface area contributed by atoms with E-state index in [0.717, 1.165) is 16.5 Å². The predicted octanol–water partition coefficient (Wildman–Crippen LogP) is 1.52. The number of anilines is 1. The summed E-state index contributed by atoms with van der Waals surface area (Å²) in [6.45, 7) is 0. The lowest BCUT2D eigenvalue weighted by Crippen LogP contribution is -2.06. The van der Waals surface area contributed by atoms with Crippen molar-refractivity contribution in [1.29, 1.82) is 0 Å². The maximum atomic E-state index is 5.35. The molecule has 0 saturated heterocycles. The number of rotatable bonds is 1. The largest absolute Gasteiger partial charge is 0.324 e. The molecule has 0 atom stereocenters. The minimum atomic E-state index is 0.926. The SMILES string of the molecule is NNc1cccc2cnccc12. The lowest BCUT2D eigenvalue weighted by molar-refractivity contribution is 1.34. The summed E-state index contributed by atoms with van der Waals surface area (Å²) in [6.07, 6.45) is 3.57. The minimum absolute atomic E-state index is 0.926. The Morgan fingerprint density at radius 1 is 1.25 bits per heavy atom. The molecule has 0 spiro atoms. The van der Waals surface area contributed by atoms with Crippen LogP contribution in [0.25, 0.3) is 10.8 Å². The molecule has 12 heavy (non-hydrogen) atoms. The second-order valence-corrected chi connectivity index (χ2v) is 2.55. The average Bonchev–Trinajstić information content (AvgIpc) is 2.17. The van der Waals surface area contributed by atoms with Crippen LogP contribution in [0, 0.1) is 0 Å². The quantitative estimate of drug-likeness (QED) is 0.490. The Morgan fingerprint density at radius 2 is 2.17 bits per heavy atom. The molecule has 3 heteroatoms. The van der Waals surface area contributed by atoms with Gasteiger partial charge in [-0.05, 0) is 12.1 Å². The van der Waals surface area contributed by atoms with Crippen LogP contribution in [0.15, 0.2) is 36.7 Å². The maximum Gasteiger partial charge on any atom is 0.0564 e. The van der Waals surface area contributed by atoms with Gasteiger partial charge in [-0.1, -0.05) is 12.1 Å². The fraction of sp³-hybridized carbons (Fsp3) is 0. The van der Waals surface area contributed by atoms with Gasteiger partial charge in [0, 0.05) is 23.2 Å². The molecule has 2 rings (SSSR count). The summed E-state index contributed by atoms with van der Waals surface area (Å²) in [6, 6.07) is 7.81. The summed E-state index contributed by atoms with van der Waals surface area (Å²) in [5, 5.41) is 2.18. The Morgan fingerprint density at radius 3 is 3.00 bits per heavy atom. The van der Waals surface area contributed by atoms with Crippen LogP contribution >= 0.6 is 0 Å². The zero-order valence-corrected chi connectivity index (χ0v) is 6.49. The molecule has 3 nitrogen and oxygen atoms in total. The number of nitrogens with one attached hydrogen (secondary N) is 1. The summed E-state index contributed by atoms with van der Waals surface area (Å²) >= 11 is 0. The van der Waals surface area contributed by atoms with E-state index < -0.39 is 0 Å². The fourth-order valence-electron chi connectivity index (χ4n) is 1.25. The van der Waals surface area contributed by atoms with E-state index in [9.17, 15) is 0 Å². The van der Waals surface area contributed by atoms with Crippen LogP contribution in [0.4, 0.5) is 5.69 Å². The van der Waals surface area contributed by atoms with Gasteiger partial charge in [0.15, 0.2) is 0 Å². The number of hydrogen-bond acceptors (Lipinski definition) is 3. The highest BCUT2D eigenvalue weighted by Crippen LogP contribution is 2.20. The van der Waals surface area contributed by atoms with Crippen LogP contribution in [-0.2, 0) is 0 Å². The highest BCUT2D eigenvalue weighted by Gasteiger charge is 1.96. The molecule has 1 heterocycles.